The van der Waals surface area contributed by atoms with E-state index in [4.69, 9.17) is 30.8 Å². The van der Waals surface area contributed by atoms with E-state index in [0.29, 0.717) is 81.3 Å². The van der Waals surface area contributed by atoms with Gasteiger partial charge >= 0.3 is 0 Å². The fourth-order valence-corrected chi connectivity index (χ4v) is 9.37. The van der Waals surface area contributed by atoms with E-state index in [1.807, 2.05) is 47.9 Å². The normalized spacial score (nSPS) is 17.5. The molecule has 0 aliphatic carbocycles. The Morgan fingerprint density at radius 3 is 2.47 bits per heavy atom. The summed E-state index contributed by atoms with van der Waals surface area (Å²) in [5, 5.41) is 15.8. The van der Waals surface area contributed by atoms with Crippen LogP contribution in [-0.2, 0) is 35.1 Å². The molecule has 0 bridgehead atoms. The molecule has 2 N–H and O–H groups in total. The molecule has 7 rings (SSSR count). The van der Waals surface area contributed by atoms with Crippen LogP contribution in [0.5, 0.6) is 0 Å². The van der Waals surface area contributed by atoms with Gasteiger partial charge in [-0.1, -0.05) is 29.8 Å². The number of piperidine rings is 1. The highest BCUT2D eigenvalue weighted by Crippen LogP contribution is 2.40. The van der Waals surface area contributed by atoms with Crippen molar-refractivity contribution in [2.24, 2.45) is 4.99 Å². The van der Waals surface area contributed by atoms with Gasteiger partial charge in [-0.25, -0.2) is 0 Å². The molecule has 1 unspecified atom stereocenters. The lowest BCUT2D eigenvalue weighted by Gasteiger charge is -2.29. The van der Waals surface area contributed by atoms with Crippen molar-refractivity contribution in [3.05, 3.63) is 91.8 Å². The number of amides is 4. The van der Waals surface area contributed by atoms with E-state index in [0.717, 1.165) is 43.7 Å². The highest BCUT2D eigenvalue weighted by Gasteiger charge is 2.40. The lowest BCUT2D eigenvalue weighted by Crippen LogP contribution is -2.52. The first-order valence-electron chi connectivity index (χ1n) is 18.9. The number of fused-ring (bicyclic) bond motifs is 4. The first-order chi connectivity index (χ1) is 27.6. The van der Waals surface area contributed by atoms with E-state index in [1.54, 1.807) is 34.1 Å². The van der Waals surface area contributed by atoms with Crippen molar-refractivity contribution in [1.82, 2.24) is 30.3 Å². The van der Waals surface area contributed by atoms with Gasteiger partial charge in [0.2, 0.25) is 17.7 Å². The SMILES string of the molecule is Cc1sc2c(c1C)C(c1ccc(Cl)cc1)=N[C@@H](CC(=O)NCCOCCOCCOCCSc1cccc3c1CN(C1CCC(=O)NC1=O)C3=O)c1nnc(C)n1-2. The van der Waals surface area contributed by atoms with Crippen LogP contribution in [0.4, 0.5) is 0 Å². The molecular formula is C40H44ClN7O7S2. The number of benzene rings is 2. The molecule has 0 saturated carbocycles. The molecule has 17 heteroatoms. The van der Waals surface area contributed by atoms with Crippen LogP contribution < -0.4 is 10.6 Å². The van der Waals surface area contributed by atoms with Gasteiger partial charge in [-0.2, -0.15) is 0 Å². The molecule has 2 atom stereocenters. The maximum atomic E-state index is 13.2. The number of aryl methyl sites for hydroxylation is 2. The number of carbonyl (C=O) groups excluding carboxylic acids is 4. The van der Waals surface area contributed by atoms with Gasteiger partial charge in [0.05, 0.1) is 51.8 Å². The van der Waals surface area contributed by atoms with Crippen LogP contribution >= 0.6 is 34.7 Å². The maximum Gasteiger partial charge on any atom is 0.255 e. The van der Waals surface area contributed by atoms with E-state index in [9.17, 15) is 19.2 Å². The summed E-state index contributed by atoms with van der Waals surface area (Å²) < 4.78 is 19.1. The Morgan fingerprint density at radius 1 is 0.982 bits per heavy atom. The number of aliphatic imine (C=N–C) groups is 1. The van der Waals surface area contributed by atoms with E-state index >= 15 is 0 Å². The van der Waals surface area contributed by atoms with Crippen LogP contribution in [0.3, 0.4) is 0 Å². The number of thioether (sulfide) groups is 1. The predicted octanol–water partition coefficient (Wildman–Crippen LogP) is 4.91. The lowest BCUT2D eigenvalue weighted by molar-refractivity contribution is -0.137. The Bertz CT molecular complexity index is 2190. The molecule has 1 saturated heterocycles. The Balaban J connectivity index is 0.791. The monoisotopic (exact) mass is 833 g/mol. The molecule has 3 aliphatic rings. The minimum Gasteiger partial charge on any atom is -0.378 e. The number of nitrogens with zero attached hydrogens (tertiary/aromatic N) is 5. The molecular weight excluding hydrogens is 790 g/mol. The van der Waals surface area contributed by atoms with Crippen LogP contribution in [-0.4, -0.2) is 107 Å². The fraction of sp³-hybridized carbons (Fsp3) is 0.425. The minimum atomic E-state index is -0.636. The standard InChI is InChI=1S/C40H44ClN7O7S2/c1-23-24(2)57-40-35(23)36(26-7-9-27(41)10-8-26)43-30(37-46-45-25(3)48(37)40)21-34(50)42-13-14-53-15-16-54-17-18-55-19-20-56-32-6-4-5-28-29(32)22-47(39(28)52)31-11-12-33(49)44-38(31)51/h4-10,30-31H,11-22H2,1-3H3,(H,42,50)(H,44,49,51)/t30-,31?/m0/s1. The fourth-order valence-electron chi connectivity index (χ4n) is 7.09. The summed E-state index contributed by atoms with van der Waals surface area (Å²) in [5.41, 5.74) is 5.36. The molecule has 5 heterocycles. The van der Waals surface area contributed by atoms with Crippen LogP contribution in [0.25, 0.3) is 5.00 Å². The first-order valence-corrected chi connectivity index (χ1v) is 21.0. The number of carbonyl (C=O) groups is 4. The molecule has 1 fully saturated rings. The number of imide groups is 1. The van der Waals surface area contributed by atoms with E-state index in [-0.39, 0.29) is 30.6 Å². The van der Waals surface area contributed by atoms with E-state index in [2.05, 4.69) is 34.7 Å². The number of rotatable bonds is 17. The number of ether oxygens (including phenoxy) is 3. The molecule has 2 aromatic heterocycles. The number of thiophene rings is 1. The maximum absolute atomic E-state index is 13.2. The van der Waals surface area contributed by atoms with Crippen molar-refractivity contribution in [1.29, 1.82) is 0 Å². The second kappa shape index (κ2) is 18.4. The Hall–Kier alpha value is -4.45. The Kier molecular flexibility index (Phi) is 13.2. The van der Waals surface area contributed by atoms with Gasteiger partial charge in [0.25, 0.3) is 5.91 Å². The highest BCUT2D eigenvalue weighted by molar-refractivity contribution is 7.99. The van der Waals surface area contributed by atoms with Gasteiger partial charge in [-0.05, 0) is 62.6 Å². The number of hydrogen-bond acceptors (Lipinski definition) is 12. The molecule has 57 heavy (non-hydrogen) atoms. The summed E-state index contributed by atoms with van der Waals surface area (Å²) >= 11 is 9.48. The molecule has 3 aliphatic heterocycles. The summed E-state index contributed by atoms with van der Waals surface area (Å²) in [7, 11) is 0. The number of halogens is 1. The van der Waals surface area contributed by atoms with Crippen molar-refractivity contribution in [3.63, 3.8) is 0 Å². The van der Waals surface area contributed by atoms with E-state index in [1.165, 1.54) is 4.88 Å². The van der Waals surface area contributed by atoms with E-state index < -0.39 is 18.0 Å². The van der Waals surface area contributed by atoms with Gasteiger partial charge in [0.1, 0.15) is 22.9 Å². The third kappa shape index (κ3) is 9.16. The van der Waals surface area contributed by atoms with Crippen LogP contribution in [0.15, 0.2) is 52.4 Å². The van der Waals surface area contributed by atoms with Crippen molar-refractivity contribution in [2.75, 3.05) is 51.9 Å². The van der Waals surface area contributed by atoms with Crippen molar-refractivity contribution >= 4 is 64.0 Å². The summed E-state index contributed by atoms with van der Waals surface area (Å²) in [6.45, 7) is 9.21. The van der Waals surface area contributed by atoms with Gasteiger partial charge in [-0.3, -0.25) is 34.1 Å². The molecule has 4 amide bonds. The minimum absolute atomic E-state index is 0.0974. The predicted molar refractivity (Wildman–Crippen MR) is 217 cm³/mol. The Morgan fingerprint density at radius 2 is 1.72 bits per heavy atom. The average Bonchev–Trinajstić information content (AvgIpc) is 3.81. The van der Waals surface area contributed by atoms with Crippen molar-refractivity contribution < 1.29 is 33.4 Å². The number of hydrogen-bond donors (Lipinski definition) is 2. The molecule has 0 radical (unpaired) electrons. The smallest absolute Gasteiger partial charge is 0.255 e. The van der Waals surface area contributed by atoms with Gasteiger partial charge in [0.15, 0.2) is 5.82 Å². The Labute approximate surface area is 343 Å². The molecule has 4 aromatic rings. The molecule has 14 nitrogen and oxygen atoms in total. The molecule has 0 spiro atoms. The zero-order valence-electron chi connectivity index (χ0n) is 32.0. The van der Waals surface area contributed by atoms with Crippen LogP contribution in [0, 0.1) is 20.8 Å². The third-order valence-electron chi connectivity index (χ3n) is 10.1. The second-order valence-corrected chi connectivity index (χ2v) is 16.6. The van der Waals surface area contributed by atoms with Gasteiger partial charge in [0, 0.05) is 56.7 Å². The van der Waals surface area contributed by atoms with Crippen LogP contribution in [0.1, 0.15) is 74.4 Å². The lowest BCUT2D eigenvalue weighted by atomic mass is 9.99. The largest absolute Gasteiger partial charge is 0.378 e. The quantitative estimate of drug-likeness (QED) is 0.0849. The van der Waals surface area contributed by atoms with Crippen LogP contribution in [0.2, 0.25) is 5.02 Å². The zero-order chi connectivity index (χ0) is 40.1. The number of nitrogens with one attached hydrogen (secondary N) is 2. The number of aromatic nitrogens is 3. The van der Waals surface area contributed by atoms with Crippen molar-refractivity contribution in [3.8, 4) is 5.00 Å². The topological polar surface area (TPSA) is 166 Å². The van der Waals surface area contributed by atoms with Gasteiger partial charge < -0.3 is 24.4 Å². The summed E-state index contributed by atoms with van der Waals surface area (Å²) in [6, 6.07) is 12.0. The summed E-state index contributed by atoms with van der Waals surface area (Å²) in [4.78, 5) is 59.1. The highest BCUT2D eigenvalue weighted by atomic mass is 35.5. The van der Waals surface area contributed by atoms with Crippen molar-refractivity contribution in [2.45, 2.75) is 63.6 Å². The second-order valence-electron chi connectivity index (χ2n) is 13.8. The summed E-state index contributed by atoms with van der Waals surface area (Å²) in [6.07, 6.45) is 0.657. The average molecular weight is 834 g/mol. The molecule has 2 aromatic carbocycles. The van der Waals surface area contributed by atoms with Gasteiger partial charge in [-0.15, -0.1) is 33.3 Å². The third-order valence-corrected chi connectivity index (χ3v) is 12.6. The first kappa shape index (κ1) is 40.7. The zero-order valence-corrected chi connectivity index (χ0v) is 34.4. The molecule has 300 valence electrons. The summed E-state index contributed by atoms with van der Waals surface area (Å²) in [5.74, 6) is 0.979.